The van der Waals surface area contributed by atoms with Crippen LogP contribution in [0.1, 0.15) is 59.4 Å². The van der Waals surface area contributed by atoms with Crippen molar-refractivity contribution in [2.24, 2.45) is 0 Å². The predicted octanol–water partition coefficient (Wildman–Crippen LogP) is 9.93. The van der Waals surface area contributed by atoms with Crippen molar-refractivity contribution in [3.8, 4) is 0 Å². The predicted molar refractivity (Wildman–Crippen MR) is 121 cm³/mol. The minimum Gasteiger partial charge on any atom is -0.470 e. The van der Waals surface area contributed by atoms with E-state index in [0.717, 1.165) is 13.8 Å². The fraction of sp³-hybridized carbons (Fsp3) is 0.409. The molecule has 0 bridgehead atoms. The molecule has 0 amide bonds. The van der Waals surface area contributed by atoms with E-state index in [1.807, 2.05) is 0 Å². The molecule has 2 atom stereocenters. The second-order valence-corrected chi connectivity index (χ2v) is 10.2. The highest BCUT2D eigenvalue weighted by Gasteiger charge is 2.39. The summed E-state index contributed by atoms with van der Waals surface area (Å²) in [5.41, 5.74) is -6.75. The van der Waals surface area contributed by atoms with E-state index in [1.165, 1.54) is 0 Å². The van der Waals surface area contributed by atoms with Gasteiger partial charge in [0.1, 0.15) is 6.10 Å². The first-order valence-electron chi connectivity index (χ1n) is 10.2. The van der Waals surface area contributed by atoms with E-state index in [2.05, 4.69) is 0 Å². The van der Waals surface area contributed by atoms with E-state index < -0.39 is 80.0 Å². The molecule has 0 aliphatic rings. The summed E-state index contributed by atoms with van der Waals surface area (Å²) >= 11 is 16.0. The molecule has 0 spiro atoms. The number of aliphatic hydroxyl groups excluding tert-OH is 1. The second kappa shape index (κ2) is 12.4. The number of aliphatic hydroxyl groups is 1. The summed E-state index contributed by atoms with van der Waals surface area (Å²) in [7, 11) is 0. The van der Waals surface area contributed by atoms with Gasteiger partial charge >= 0.3 is 24.7 Å². The largest absolute Gasteiger partial charge is 0.470 e. The molecule has 0 aliphatic heterocycles. The molecule has 0 radical (unpaired) electrons. The maximum absolute atomic E-state index is 12.7. The smallest absolute Gasteiger partial charge is 0.416 e. The van der Waals surface area contributed by atoms with Crippen LogP contribution in [0.4, 0.5) is 52.7 Å². The van der Waals surface area contributed by atoms with Gasteiger partial charge in [0.2, 0.25) is 5.90 Å². The van der Waals surface area contributed by atoms with Crippen molar-refractivity contribution in [1.82, 2.24) is 0 Å². The minimum atomic E-state index is -4.99. The lowest BCUT2D eigenvalue weighted by Gasteiger charge is -2.21. The Morgan fingerprint density at radius 3 is 1.12 bits per heavy atom. The number of hydrogen-bond donors (Lipinski definition) is 2. The van der Waals surface area contributed by atoms with Crippen molar-refractivity contribution in [1.29, 1.82) is 5.41 Å². The maximum Gasteiger partial charge on any atom is 0.416 e. The molecule has 40 heavy (non-hydrogen) atoms. The quantitative estimate of drug-likeness (QED) is 0.149. The Hall–Kier alpha value is -2.10. The Labute approximate surface area is 233 Å². The van der Waals surface area contributed by atoms with Gasteiger partial charge in [-0.15, -0.1) is 0 Å². The van der Waals surface area contributed by atoms with E-state index in [4.69, 9.17) is 50.1 Å². The van der Waals surface area contributed by atoms with Gasteiger partial charge in [0.25, 0.3) is 3.79 Å². The molecule has 2 rings (SSSR count). The van der Waals surface area contributed by atoms with Gasteiger partial charge in [-0.05, 0) is 61.4 Å². The zero-order valence-corrected chi connectivity index (χ0v) is 21.9. The monoisotopic (exact) mass is 659 g/mol. The molecule has 0 fully saturated rings. The summed E-state index contributed by atoms with van der Waals surface area (Å²) in [4.78, 5) is 0. The summed E-state index contributed by atoms with van der Waals surface area (Å²) in [6.07, 6.45) is -22.5. The van der Waals surface area contributed by atoms with Gasteiger partial charge in [-0.2, -0.15) is 52.7 Å². The van der Waals surface area contributed by atoms with Crippen LogP contribution >= 0.6 is 34.8 Å². The molecule has 3 nitrogen and oxygen atoms in total. The molecule has 226 valence electrons. The Morgan fingerprint density at radius 2 is 0.900 bits per heavy atom. The Kier molecular flexibility index (Phi) is 11.1. The molecule has 2 aromatic rings. The fourth-order valence-electron chi connectivity index (χ4n) is 2.75. The fourth-order valence-corrected chi connectivity index (χ4v) is 2.88. The molecule has 2 N–H and O–H groups in total. The van der Waals surface area contributed by atoms with Crippen LogP contribution in [0, 0.1) is 5.41 Å². The van der Waals surface area contributed by atoms with Crippen molar-refractivity contribution < 1.29 is 62.5 Å². The van der Waals surface area contributed by atoms with Gasteiger partial charge in [0, 0.05) is 0 Å². The molecular formula is C22H16Cl3F12NO2. The van der Waals surface area contributed by atoms with Crippen molar-refractivity contribution in [3.63, 3.8) is 0 Å². The highest BCUT2D eigenvalue weighted by atomic mass is 35.6. The number of rotatable bonds is 3. The van der Waals surface area contributed by atoms with Crippen molar-refractivity contribution in [3.05, 3.63) is 69.8 Å². The lowest BCUT2D eigenvalue weighted by molar-refractivity contribution is -0.144. The van der Waals surface area contributed by atoms with Crippen molar-refractivity contribution in [2.75, 3.05) is 0 Å². The standard InChI is InChI=1S/C12H8Cl3F6NO.C10H8F6O/c1-5(23-9(22)10(13,14)15)6-2-7(11(16,17)18)4-8(3-6)12(19,20)21;1-5(17)6-2-7(9(11,12)13)4-8(3-6)10(14,15)16/h2-5,22H,1H3;2-5,17H,1H3/t2*5-/m00/s1. The Bertz CT molecular complexity index is 1120. The van der Waals surface area contributed by atoms with Gasteiger partial charge in [-0.25, -0.2) is 0 Å². The number of halogens is 15. The highest BCUT2D eigenvalue weighted by molar-refractivity contribution is 6.76. The van der Waals surface area contributed by atoms with E-state index in [0.29, 0.717) is 24.3 Å². The SMILES string of the molecule is C[C@H](O)c1cc(C(F)(F)F)cc(C(F)(F)F)c1.C[C@H](OC(=N)C(Cl)(Cl)Cl)c1cc(C(F)(F)F)cc(C(F)(F)F)c1. The maximum atomic E-state index is 12.7. The lowest BCUT2D eigenvalue weighted by Crippen LogP contribution is -2.23. The molecule has 0 aromatic heterocycles. The Morgan fingerprint density at radius 1 is 0.625 bits per heavy atom. The van der Waals surface area contributed by atoms with Crippen LogP contribution in [-0.4, -0.2) is 14.8 Å². The number of alkyl halides is 15. The van der Waals surface area contributed by atoms with Crippen molar-refractivity contribution in [2.45, 2.75) is 54.6 Å². The zero-order valence-electron chi connectivity index (χ0n) is 19.6. The number of ether oxygens (including phenoxy) is 1. The normalized spacial score (nSPS) is 14.7. The van der Waals surface area contributed by atoms with Crippen LogP contribution < -0.4 is 0 Å². The van der Waals surface area contributed by atoms with E-state index in [-0.39, 0.29) is 12.1 Å². The van der Waals surface area contributed by atoms with Crippen LogP contribution in [0.25, 0.3) is 0 Å². The topological polar surface area (TPSA) is 53.3 Å². The molecule has 0 aliphatic carbocycles. The summed E-state index contributed by atoms with van der Waals surface area (Å²) in [5, 5.41) is 16.4. The summed E-state index contributed by atoms with van der Waals surface area (Å²) in [6, 6.07) is 1.96. The molecule has 0 saturated carbocycles. The van der Waals surface area contributed by atoms with Crippen molar-refractivity contribution >= 4 is 40.7 Å². The third-order valence-corrected chi connectivity index (χ3v) is 5.24. The molecule has 0 unspecified atom stereocenters. The number of benzene rings is 2. The number of hydrogen-bond acceptors (Lipinski definition) is 3. The average Bonchev–Trinajstić information content (AvgIpc) is 2.75. The second-order valence-electron chi connectivity index (χ2n) is 7.94. The Balaban J connectivity index is 0.000000418. The molecule has 0 saturated heterocycles. The molecular weight excluding hydrogens is 645 g/mol. The van der Waals surface area contributed by atoms with Crippen LogP contribution in [0.2, 0.25) is 0 Å². The number of nitrogens with one attached hydrogen (secondary N) is 1. The van der Waals surface area contributed by atoms with E-state index in [1.54, 1.807) is 0 Å². The van der Waals surface area contributed by atoms with Gasteiger partial charge in [-0.3, -0.25) is 5.41 Å². The summed E-state index contributed by atoms with van der Waals surface area (Å²) < 4.78 is 153. The minimum absolute atomic E-state index is 0.0174. The first kappa shape index (κ1) is 35.9. The molecule has 0 heterocycles. The van der Waals surface area contributed by atoms with Crippen LogP contribution in [0.3, 0.4) is 0 Å². The third-order valence-electron chi connectivity index (χ3n) is 4.72. The van der Waals surface area contributed by atoms with E-state index >= 15 is 0 Å². The first-order valence-corrected chi connectivity index (χ1v) is 11.4. The van der Waals surface area contributed by atoms with Gasteiger partial charge < -0.3 is 9.84 Å². The van der Waals surface area contributed by atoms with E-state index in [9.17, 15) is 52.7 Å². The van der Waals surface area contributed by atoms with Gasteiger partial charge in [-0.1, -0.05) is 34.8 Å². The zero-order chi connectivity index (χ0) is 31.6. The van der Waals surface area contributed by atoms with Crippen LogP contribution in [0.15, 0.2) is 36.4 Å². The highest BCUT2D eigenvalue weighted by Crippen LogP contribution is 2.39. The molecule has 2 aromatic carbocycles. The van der Waals surface area contributed by atoms with Crippen LogP contribution in [-0.2, 0) is 29.4 Å². The average molecular weight is 661 g/mol. The van der Waals surface area contributed by atoms with Gasteiger partial charge in [0.05, 0.1) is 28.4 Å². The van der Waals surface area contributed by atoms with Crippen LogP contribution in [0.5, 0.6) is 0 Å². The third kappa shape index (κ3) is 10.7. The summed E-state index contributed by atoms with van der Waals surface area (Å²) in [5.74, 6) is -0.930. The first-order chi connectivity index (χ1) is 17.6. The van der Waals surface area contributed by atoms with Gasteiger partial charge in [0.15, 0.2) is 0 Å². The molecule has 18 heteroatoms. The summed E-state index contributed by atoms with van der Waals surface area (Å²) in [6.45, 7) is 2.22. The lowest BCUT2D eigenvalue weighted by atomic mass is 10.0.